The van der Waals surface area contributed by atoms with Crippen LogP contribution in [0.1, 0.15) is 12.5 Å². The average Bonchev–Trinajstić information content (AvgIpc) is 2.46. The maximum Gasteiger partial charge on any atom is 0.126 e. The fourth-order valence-electron chi connectivity index (χ4n) is 2.54. The summed E-state index contributed by atoms with van der Waals surface area (Å²) < 4.78 is 5.91. The molecule has 2 atom stereocenters. The molecule has 1 saturated heterocycles. The van der Waals surface area contributed by atoms with E-state index in [2.05, 4.69) is 22.1 Å². The van der Waals surface area contributed by atoms with Gasteiger partial charge in [0.2, 0.25) is 0 Å². The fraction of sp³-hybridized carbons (Fsp3) is 0.643. The highest BCUT2D eigenvalue weighted by atomic mass is 16.5. The summed E-state index contributed by atoms with van der Waals surface area (Å²) in [5.41, 5.74) is 7.00. The van der Waals surface area contributed by atoms with E-state index >= 15 is 0 Å². The van der Waals surface area contributed by atoms with Crippen LogP contribution in [0.5, 0.6) is 0 Å². The third kappa shape index (κ3) is 3.65. The Kier molecular flexibility index (Phi) is 5.13. The Morgan fingerprint density at radius 3 is 3.16 bits per heavy atom. The van der Waals surface area contributed by atoms with Crippen molar-refractivity contribution in [3.63, 3.8) is 0 Å². The number of anilines is 1. The van der Waals surface area contributed by atoms with Crippen molar-refractivity contribution in [1.29, 1.82) is 0 Å². The van der Waals surface area contributed by atoms with Gasteiger partial charge in [-0.15, -0.1) is 0 Å². The molecule has 5 heteroatoms. The smallest absolute Gasteiger partial charge is 0.126 e. The maximum atomic E-state index is 5.92. The molecular weight excluding hydrogens is 240 g/mol. The van der Waals surface area contributed by atoms with Crippen LogP contribution in [0.15, 0.2) is 18.3 Å². The highest BCUT2D eigenvalue weighted by molar-refractivity contribution is 5.39. The number of rotatable bonds is 5. The molecule has 106 valence electrons. The summed E-state index contributed by atoms with van der Waals surface area (Å²) in [6.45, 7) is 6.07. The number of likely N-dealkylation sites (N-methyl/N-ethyl adjacent to an activating group) is 2. The SMILES string of the molecule is CCN1CCOC(C(Cc2cccnc2N)NC)C1. The van der Waals surface area contributed by atoms with Gasteiger partial charge in [0.15, 0.2) is 0 Å². The normalized spacial score (nSPS) is 22.3. The van der Waals surface area contributed by atoms with E-state index in [0.717, 1.165) is 38.2 Å². The summed E-state index contributed by atoms with van der Waals surface area (Å²) in [7, 11) is 1.98. The lowest BCUT2D eigenvalue weighted by Crippen LogP contribution is -2.52. The molecule has 2 unspecified atom stereocenters. The topological polar surface area (TPSA) is 63.4 Å². The van der Waals surface area contributed by atoms with Gasteiger partial charge in [-0.2, -0.15) is 0 Å². The lowest BCUT2D eigenvalue weighted by Gasteiger charge is -2.36. The molecule has 0 aromatic carbocycles. The van der Waals surface area contributed by atoms with Gasteiger partial charge in [-0.25, -0.2) is 4.98 Å². The number of ether oxygens (including phenoxy) is 1. The Labute approximate surface area is 115 Å². The second-order valence-corrected chi connectivity index (χ2v) is 4.95. The monoisotopic (exact) mass is 264 g/mol. The van der Waals surface area contributed by atoms with E-state index in [4.69, 9.17) is 10.5 Å². The van der Waals surface area contributed by atoms with E-state index < -0.39 is 0 Å². The van der Waals surface area contributed by atoms with Crippen molar-refractivity contribution < 1.29 is 4.74 Å². The molecular formula is C14H24N4O. The zero-order valence-corrected chi connectivity index (χ0v) is 11.8. The summed E-state index contributed by atoms with van der Waals surface area (Å²) in [4.78, 5) is 6.56. The van der Waals surface area contributed by atoms with Gasteiger partial charge < -0.3 is 15.8 Å². The molecule has 0 saturated carbocycles. The van der Waals surface area contributed by atoms with Crippen molar-refractivity contribution in [2.45, 2.75) is 25.5 Å². The molecule has 1 aromatic rings. The van der Waals surface area contributed by atoms with Crippen LogP contribution in [0, 0.1) is 0 Å². The Balaban J connectivity index is 2.01. The van der Waals surface area contributed by atoms with Crippen LogP contribution in [-0.4, -0.2) is 55.3 Å². The van der Waals surface area contributed by atoms with Gasteiger partial charge in [-0.1, -0.05) is 13.0 Å². The minimum absolute atomic E-state index is 0.207. The van der Waals surface area contributed by atoms with Crippen LogP contribution in [0.3, 0.4) is 0 Å². The Bertz CT molecular complexity index is 399. The predicted molar refractivity (Wildman–Crippen MR) is 77.1 cm³/mol. The molecule has 19 heavy (non-hydrogen) atoms. The largest absolute Gasteiger partial charge is 0.383 e. The van der Waals surface area contributed by atoms with Gasteiger partial charge in [0.1, 0.15) is 5.82 Å². The van der Waals surface area contributed by atoms with E-state index in [9.17, 15) is 0 Å². The van der Waals surface area contributed by atoms with Crippen molar-refractivity contribution >= 4 is 5.82 Å². The van der Waals surface area contributed by atoms with Crippen molar-refractivity contribution in [3.8, 4) is 0 Å². The first-order valence-electron chi connectivity index (χ1n) is 6.95. The van der Waals surface area contributed by atoms with E-state index in [0.29, 0.717) is 5.82 Å². The number of hydrogen-bond donors (Lipinski definition) is 2. The molecule has 2 heterocycles. The number of nitrogens with zero attached hydrogens (tertiary/aromatic N) is 2. The molecule has 3 N–H and O–H groups in total. The summed E-state index contributed by atoms with van der Waals surface area (Å²) in [5, 5.41) is 3.36. The highest BCUT2D eigenvalue weighted by Crippen LogP contribution is 2.16. The zero-order chi connectivity index (χ0) is 13.7. The number of hydrogen-bond acceptors (Lipinski definition) is 5. The molecule has 1 fully saturated rings. The van der Waals surface area contributed by atoms with Crippen molar-refractivity contribution in [2.75, 3.05) is 39.0 Å². The number of pyridine rings is 1. The predicted octanol–water partition coefficient (Wildman–Crippen LogP) is 0.515. The standard InChI is InChI=1S/C14H24N4O/c1-3-18-7-8-19-13(10-18)12(16-2)9-11-5-4-6-17-14(11)15/h4-6,12-13,16H,3,7-10H2,1-2H3,(H2,15,17). The number of nitrogens with two attached hydrogens (primary N) is 1. The second-order valence-electron chi connectivity index (χ2n) is 4.95. The van der Waals surface area contributed by atoms with Crippen molar-refractivity contribution in [2.24, 2.45) is 0 Å². The lowest BCUT2D eigenvalue weighted by molar-refractivity contribution is -0.0435. The Hall–Kier alpha value is -1.17. The third-order valence-electron chi connectivity index (χ3n) is 3.81. The summed E-state index contributed by atoms with van der Waals surface area (Å²) in [6, 6.07) is 4.23. The number of nitrogens with one attached hydrogen (secondary N) is 1. The molecule has 1 aliphatic heterocycles. The molecule has 0 radical (unpaired) electrons. The summed E-state index contributed by atoms with van der Waals surface area (Å²) >= 11 is 0. The van der Waals surface area contributed by atoms with Gasteiger partial charge in [0.05, 0.1) is 12.7 Å². The van der Waals surface area contributed by atoms with E-state index in [1.807, 2.05) is 19.2 Å². The third-order valence-corrected chi connectivity index (χ3v) is 3.81. The van der Waals surface area contributed by atoms with Gasteiger partial charge in [0, 0.05) is 25.3 Å². The quantitative estimate of drug-likeness (QED) is 0.811. The Morgan fingerprint density at radius 2 is 2.47 bits per heavy atom. The molecule has 1 aliphatic rings. The number of aromatic nitrogens is 1. The van der Waals surface area contributed by atoms with Gasteiger partial charge in [-0.05, 0) is 31.6 Å². The minimum atomic E-state index is 0.207. The van der Waals surface area contributed by atoms with Crippen LogP contribution in [0.4, 0.5) is 5.82 Å². The molecule has 1 aromatic heterocycles. The lowest BCUT2D eigenvalue weighted by atomic mass is 10.0. The van der Waals surface area contributed by atoms with E-state index in [1.54, 1.807) is 6.20 Å². The van der Waals surface area contributed by atoms with E-state index in [1.165, 1.54) is 0 Å². The number of nitrogen functional groups attached to an aromatic ring is 1. The summed E-state index contributed by atoms with van der Waals surface area (Å²) in [6.07, 6.45) is 2.78. The van der Waals surface area contributed by atoms with Crippen LogP contribution >= 0.6 is 0 Å². The first kappa shape index (κ1) is 14.2. The minimum Gasteiger partial charge on any atom is -0.383 e. The molecule has 5 nitrogen and oxygen atoms in total. The van der Waals surface area contributed by atoms with Crippen molar-refractivity contribution in [3.05, 3.63) is 23.9 Å². The molecule has 0 amide bonds. The van der Waals surface area contributed by atoms with Crippen LogP contribution < -0.4 is 11.1 Å². The zero-order valence-electron chi connectivity index (χ0n) is 11.8. The maximum absolute atomic E-state index is 5.92. The highest BCUT2D eigenvalue weighted by Gasteiger charge is 2.27. The summed E-state index contributed by atoms with van der Waals surface area (Å²) in [5.74, 6) is 0.617. The first-order valence-corrected chi connectivity index (χ1v) is 6.95. The molecule has 2 rings (SSSR count). The molecule has 0 spiro atoms. The molecule has 0 aliphatic carbocycles. The van der Waals surface area contributed by atoms with Crippen LogP contribution in [0.25, 0.3) is 0 Å². The molecule has 0 bridgehead atoms. The number of morpholine rings is 1. The second kappa shape index (κ2) is 6.84. The first-order chi connectivity index (χ1) is 9.24. The van der Waals surface area contributed by atoms with Crippen LogP contribution in [0.2, 0.25) is 0 Å². The van der Waals surface area contributed by atoms with Gasteiger partial charge >= 0.3 is 0 Å². The van der Waals surface area contributed by atoms with Crippen LogP contribution in [-0.2, 0) is 11.2 Å². The van der Waals surface area contributed by atoms with E-state index in [-0.39, 0.29) is 12.1 Å². The van der Waals surface area contributed by atoms with Gasteiger partial charge in [-0.3, -0.25) is 4.90 Å². The van der Waals surface area contributed by atoms with Crippen molar-refractivity contribution in [1.82, 2.24) is 15.2 Å². The van der Waals surface area contributed by atoms with Gasteiger partial charge in [0.25, 0.3) is 0 Å². The average molecular weight is 264 g/mol. The fourth-order valence-corrected chi connectivity index (χ4v) is 2.54. The Morgan fingerprint density at radius 1 is 1.63 bits per heavy atom.